The molecule has 2 unspecified atom stereocenters. The van der Waals surface area contributed by atoms with Crippen LogP contribution in [-0.4, -0.2) is 42.6 Å². The highest BCUT2D eigenvalue weighted by Gasteiger charge is 2.20. The van der Waals surface area contributed by atoms with Crippen LogP contribution in [0.2, 0.25) is 0 Å². The summed E-state index contributed by atoms with van der Waals surface area (Å²) in [7, 11) is 2.20. The maximum Gasteiger partial charge on any atom is 0.0241 e. The zero-order chi connectivity index (χ0) is 11.1. The third kappa shape index (κ3) is 4.67. The molecule has 0 aliphatic rings. The molecular weight excluding hydrogens is 192 g/mol. The number of rotatable bonds is 7. The van der Waals surface area contributed by atoms with Crippen molar-refractivity contribution in [2.75, 3.05) is 25.6 Å². The summed E-state index contributed by atoms with van der Waals surface area (Å²) < 4.78 is 0. The van der Waals surface area contributed by atoms with Gasteiger partial charge in [-0.1, -0.05) is 13.8 Å². The fraction of sp³-hybridized carbons (Fsp3) is 1.00. The first-order valence-electron chi connectivity index (χ1n) is 5.45. The van der Waals surface area contributed by atoms with E-state index in [0.29, 0.717) is 18.0 Å². The van der Waals surface area contributed by atoms with E-state index in [1.54, 1.807) is 0 Å². The summed E-state index contributed by atoms with van der Waals surface area (Å²) in [6, 6.07) is 1.16. The van der Waals surface area contributed by atoms with Gasteiger partial charge < -0.3 is 5.73 Å². The molecule has 0 bridgehead atoms. The van der Waals surface area contributed by atoms with E-state index in [4.69, 9.17) is 5.73 Å². The maximum atomic E-state index is 5.79. The molecule has 0 aromatic carbocycles. The minimum Gasteiger partial charge on any atom is -0.329 e. The van der Waals surface area contributed by atoms with E-state index in [-0.39, 0.29) is 0 Å². The summed E-state index contributed by atoms with van der Waals surface area (Å²) in [5.41, 5.74) is 5.79. The van der Waals surface area contributed by atoms with Gasteiger partial charge in [0.25, 0.3) is 0 Å². The van der Waals surface area contributed by atoms with Crippen LogP contribution in [0.3, 0.4) is 0 Å². The van der Waals surface area contributed by atoms with Crippen LogP contribution in [0.25, 0.3) is 0 Å². The third-order valence-electron chi connectivity index (χ3n) is 2.97. The first-order chi connectivity index (χ1) is 6.54. The number of hydrogen-bond acceptors (Lipinski definition) is 3. The third-order valence-corrected chi connectivity index (χ3v) is 3.61. The molecule has 0 heterocycles. The molecule has 3 heteroatoms. The fourth-order valence-electron chi connectivity index (χ4n) is 1.73. The monoisotopic (exact) mass is 218 g/mol. The molecule has 0 amide bonds. The topological polar surface area (TPSA) is 29.3 Å². The minimum atomic E-state index is 0.520. The second-order valence-electron chi connectivity index (χ2n) is 4.34. The van der Waals surface area contributed by atoms with E-state index in [1.807, 2.05) is 11.8 Å². The van der Waals surface area contributed by atoms with Crippen molar-refractivity contribution in [3.05, 3.63) is 0 Å². The van der Waals surface area contributed by atoms with Crippen molar-refractivity contribution in [1.29, 1.82) is 0 Å². The number of nitrogens with zero attached hydrogens (tertiary/aromatic N) is 1. The van der Waals surface area contributed by atoms with Gasteiger partial charge in [-0.25, -0.2) is 0 Å². The zero-order valence-electron chi connectivity index (χ0n) is 10.3. The Hall–Kier alpha value is 0.270. The van der Waals surface area contributed by atoms with Crippen molar-refractivity contribution in [3.8, 4) is 0 Å². The van der Waals surface area contributed by atoms with Gasteiger partial charge in [0.05, 0.1) is 0 Å². The molecule has 14 heavy (non-hydrogen) atoms. The molecule has 0 aromatic heterocycles. The number of nitrogens with two attached hydrogens (primary N) is 1. The molecule has 0 radical (unpaired) electrons. The minimum absolute atomic E-state index is 0.520. The van der Waals surface area contributed by atoms with Crippen LogP contribution in [-0.2, 0) is 0 Å². The average Bonchev–Trinajstić information content (AvgIpc) is 2.14. The van der Waals surface area contributed by atoms with E-state index in [1.165, 1.54) is 12.2 Å². The lowest BCUT2D eigenvalue weighted by Crippen LogP contribution is -2.46. The Balaban J connectivity index is 4.05. The van der Waals surface area contributed by atoms with Crippen molar-refractivity contribution < 1.29 is 0 Å². The zero-order valence-corrected chi connectivity index (χ0v) is 11.1. The van der Waals surface area contributed by atoms with E-state index in [2.05, 4.69) is 39.0 Å². The molecule has 0 rings (SSSR count). The highest BCUT2D eigenvalue weighted by molar-refractivity contribution is 7.98. The molecule has 0 saturated carbocycles. The molecule has 0 saturated heterocycles. The largest absolute Gasteiger partial charge is 0.329 e. The second-order valence-corrected chi connectivity index (χ2v) is 5.33. The molecule has 0 aliphatic heterocycles. The Morgan fingerprint density at radius 1 is 1.29 bits per heavy atom. The standard InChI is InChI=1S/C11H26N2S/c1-9(2)11(8-12)13(4)10(3)6-7-14-5/h9-11H,6-8,12H2,1-5H3. The predicted octanol–water partition coefficient (Wildman–Crippen LogP) is 2.04. The Labute approximate surface area is 93.6 Å². The summed E-state index contributed by atoms with van der Waals surface area (Å²) in [5, 5.41) is 0. The summed E-state index contributed by atoms with van der Waals surface area (Å²) >= 11 is 1.92. The van der Waals surface area contributed by atoms with Crippen molar-refractivity contribution in [2.24, 2.45) is 11.7 Å². The van der Waals surface area contributed by atoms with Gasteiger partial charge in [0, 0.05) is 18.6 Å². The lowest BCUT2D eigenvalue weighted by Gasteiger charge is -2.35. The molecule has 2 N–H and O–H groups in total. The highest BCUT2D eigenvalue weighted by atomic mass is 32.2. The van der Waals surface area contributed by atoms with Gasteiger partial charge in [0.2, 0.25) is 0 Å². The molecule has 0 spiro atoms. The van der Waals surface area contributed by atoms with Gasteiger partial charge in [-0.15, -0.1) is 0 Å². The molecule has 0 fully saturated rings. The fourth-order valence-corrected chi connectivity index (χ4v) is 2.30. The van der Waals surface area contributed by atoms with Crippen LogP contribution in [0.5, 0.6) is 0 Å². The Bertz CT molecular complexity index is 139. The molecule has 0 aliphatic carbocycles. The second kappa shape index (κ2) is 7.55. The van der Waals surface area contributed by atoms with Gasteiger partial charge in [-0.3, -0.25) is 4.90 Å². The molecule has 0 aromatic rings. The van der Waals surface area contributed by atoms with Gasteiger partial charge in [0.1, 0.15) is 0 Å². The quantitative estimate of drug-likeness (QED) is 0.709. The van der Waals surface area contributed by atoms with Crippen LogP contribution in [0.15, 0.2) is 0 Å². The first-order valence-corrected chi connectivity index (χ1v) is 6.84. The van der Waals surface area contributed by atoms with Crippen LogP contribution in [0, 0.1) is 5.92 Å². The van der Waals surface area contributed by atoms with E-state index < -0.39 is 0 Å². The van der Waals surface area contributed by atoms with Crippen molar-refractivity contribution >= 4 is 11.8 Å². The molecule has 86 valence electrons. The van der Waals surface area contributed by atoms with Crippen molar-refractivity contribution in [2.45, 2.75) is 39.3 Å². The highest BCUT2D eigenvalue weighted by Crippen LogP contribution is 2.14. The van der Waals surface area contributed by atoms with E-state index in [0.717, 1.165) is 6.54 Å². The average molecular weight is 218 g/mol. The molecule has 2 atom stereocenters. The Morgan fingerprint density at radius 3 is 2.21 bits per heavy atom. The van der Waals surface area contributed by atoms with E-state index in [9.17, 15) is 0 Å². The normalized spacial score (nSPS) is 16.3. The number of likely N-dealkylation sites (N-methyl/N-ethyl adjacent to an activating group) is 1. The van der Waals surface area contributed by atoms with Crippen LogP contribution < -0.4 is 5.73 Å². The maximum absolute atomic E-state index is 5.79. The number of thioether (sulfide) groups is 1. The van der Waals surface area contributed by atoms with Gasteiger partial charge in [-0.2, -0.15) is 11.8 Å². The van der Waals surface area contributed by atoms with Crippen molar-refractivity contribution in [3.63, 3.8) is 0 Å². The first kappa shape index (κ1) is 14.3. The smallest absolute Gasteiger partial charge is 0.0241 e. The molecule has 2 nitrogen and oxygen atoms in total. The van der Waals surface area contributed by atoms with Crippen LogP contribution in [0.1, 0.15) is 27.2 Å². The van der Waals surface area contributed by atoms with Crippen molar-refractivity contribution in [1.82, 2.24) is 4.90 Å². The summed E-state index contributed by atoms with van der Waals surface area (Å²) in [6.45, 7) is 7.55. The number of hydrogen-bond donors (Lipinski definition) is 1. The Kier molecular flexibility index (Phi) is 7.69. The summed E-state index contributed by atoms with van der Waals surface area (Å²) in [5.74, 6) is 1.88. The SMILES string of the molecule is CSCCC(C)N(C)C(CN)C(C)C. The Morgan fingerprint density at radius 2 is 1.86 bits per heavy atom. The van der Waals surface area contributed by atoms with Gasteiger partial charge >= 0.3 is 0 Å². The lowest BCUT2D eigenvalue weighted by molar-refractivity contribution is 0.147. The van der Waals surface area contributed by atoms with Crippen LogP contribution in [0.4, 0.5) is 0 Å². The predicted molar refractivity (Wildman–Crippen MR) is 67.9 cm³/mol. The summed E-state index contributed by atoms with van der Waals surface area (Å²) in [6.07, 6.45) is 3.41. The summed E-state index contributed by atoms with van der Waals surface area (Å²) in [4.78, 5) is 2.43. The van der Waals surface area contributed by atoms with Gasteiger partial charge in [0.15, 0.2) is 0 Å². The molecular formula is C11H26N2S. The van der Waals surface area contributed by atoms with Crippen LogP contribution >= 0.6 is 11.8 Å². The lowest BCUT2D eigenvalue weighted by atomic mass is 10.0. The van der Waals surface area contributed by atoms with E-state index >= 15 is 0 Å². The van der Waals surface area contributed by atoms with Gasteiger partial charge in [-0.05, 0) is 38.3 Å².